The molecule has 6 nitrogen and oxygen atoms in total. The molecule has 0 radical (unpaired) electrons. The summed E-state index contributed by atoms with van der Waals surface area (Å²) in [5.74, 6) is 0.882. The lowest BCUT2D eigenvalue weighted by atomic mass is 10.3. The summed E-state index contributed by atoms with van der Waals surface area (Å²) in [6.07, 6.45) is 2.14. The van der Waals surface area contributed by atoms with Crippen LogP contribution in [0.15, 0.2) is 24.3 Å². The average molecular weight is 333 g/mol. The third-order valence-corrected chi connectivity index (χ3v) is 4.09. The number of carbonyl (C=O) groups excluding carboxylic acids is 2. The number of hydrogen-bond donors (Lipinski definition) is 1. The molecule has 2 rings (SSSR count). The van der Waals surface area contributed by atoms with Gasteiger partial charge in [0.15, 0.2) is 0 Å². The van der Waals surface area contributed by atoms with Crippen molar-refractivity contribution in [2.24, 2.45) is 0 Å². The molecular weight excluding hydrogens is 306 g/mol. The van der Waals surface area contributed by atoms with Gasteiger partial charge in [-0.15, -0.1) is 0 Å². The lowest BCUT2D eigenvalue weighted by Crippen LogP contribution is -2.49. The Morgan fingerprint density at radius 2 is 1.79 bits per heavy atom. The van der Waals surface area contributed by atoms with Gasteiger partial charge < -0.3 is 15.0 Å². The molecule has 0 aromatic heterocycles. The van der Waals surface area contributed by atoms with Crippen molar-refractivity contribution in [3.8, 4) is 5.75 Å². The Bertz CT molecular complexity index is 537. The van der Waals surface area contributed by atoms with Gasteiger partial charge in [0, 0.05) is 38.8 Å². The van der Waals surface area contributed by atoms with Crippen LogP contribution in [0.3, 0.4) is 0 Å². The Kier molecular flexibility index (Phi) is 7.06. The zero-order chi connectivity index (χ0) is 17.4. The summed E-state index contributed by atoms with van der Waals surface area (Å²) in [7, 11) is 0. The van der Waals surface area contributed by atoms with Crippen LogP contribution in [0.2, 0.25) is 0 Å². The van der Waals surface area contributed by atoms with Crippen LogP contribution in [0.1, 0.15) is 26.7 Å². The van der Waals surface area contributed by atoms with Crippen LogP contribution in [0.4, 0.5) is 5.69 Å². The molecule has 1 fully saturated rings. The first-order valence-corrected chi connectivity index (χ1v) is 8.59. The molecule has 0 atom stereocenters. The van der Waals surface area contributed by atoms with Gasteiger partial charge in [-0.1, -0.05) is 13.3 Å². The predicted octanol–water partition coefficient (Wildman–Crippen LogP) is 1.97. The van der Waals surface area contributed by atoms with Crippen LogP contribution >= 0.6 is 0 Å². The minimum absolute atomic E-state index is 0.0362. The van der Waals surface area contributed by atoms with E-state index >= 15 is 0 Å². The number of nitrogens with one attached hydrogen (secondary N) is 1. The minimum Gasteiger partial charge on any atom is -0.494 e. The van der Waals surface area contributed by atoms with Gasteiger partial charge in [0.2, 0.25) is 11.8 Å². The van der Waals surface area contributed by atoms with E-state index in [4.69, 9.17) is 4.74 Å². The number of benzene rings is 1. The molecule has 132 valence electrons. The molecule has 1 aromatic rings. The summed E-state index contributed by atoms with van der Waals surface area (Å²) in [5.41, 5.74) is 0.769. The monoisotopic (exact) mass is 333 g/mol. The molecule has 2 amide bonds. The summed E-state index contributed by atoms with van der Waals surface area (Å²) in [6.45, 7) is 7.61. The van der Waals surface area contributed by atoms with Gasteiger partial charge in [-0.05, 0) is 30.7 Å². The second kappa shape index (κ2) is 9.27. The fourth-order valence-corrected chi connectivity index (χ4v) is 2.59. The Labute approximate surface area is 143 Å². The second-order valence-corrected chi connectivity index (χ2v) is 6.06. The number of ether oxygens (including phenoxy) is 1. The number of nitrogens with zero attached hydrogens (tertiary/aromatic N) is 2. The highest BCUT2D eigenvalue weighted by Gasteiger charge is 2.20. The number of rotatable bonds is 7. The molecule has 0 unspecified atom stereocenters. The quantitative estimate of drug-likeness (QED) is 0.775. The first kappa shape index (κ1) is 18.3. The maximum absolute atomic E-state index is 12.1. The maximum Gasteiger partial charge on any atom is 0.238 e. The van der Waals surface area contributed by atoms with Crippen LogP contribution in [0.25, 0.3) is 0 Å². The van der Waals surface area contributed by atoms with Crippen molar-refractivity contribution in [3.63, 3.8) is 0 Å². The van der Waals surface area contributed by atoms with Crippen molar-refractivity contribution in [1.82, 2.24) is 9.80 Å². The van der Waals surface area contributed by atoms with E-state index in [9.17, 15) is 9.59 Å². The number of hydrogen-bond acceptors (Lipinski definition) is 4. The fourth-order valence-electron chi connectivity index (χ4n) is 2.59. The third kappa shape index (κ3) is 5.85. The van der Waals surface area contributed by atoms with Crippen LogP contribution in [0, 0.1) is 0 Å². The molecule has 1 N–H and O–H groups in total. The van der Waals surface area contributed by atoms with E-state index in [-0.39, 0.29) is 11.8 Å². The number of amides is 2. The SMILES string of the molecule is CCCCOc1ccc(NC(=O)CN2CCN(C(C)=O)CC2)cc1. The van der Waals surface area contributed by atoms with Crippen molar-refractivity contribution in [1.29, 1.82) is 0 Å². The standard InChI is InChI=1S/C18H27N3O3/c1-3-4-13-24-17-7-5-16(6-8-17)19-18(23)14-20-9-11-21(12-10-20)15(2)22/h5-8H,3-4,9-14H2,1-2H3,(H,19,23). The predicted molar refractivity (Wildman–Crippen MR) is 94.2 cm³/mol. The van der Waals surface area contributed by atoms with Crippen molar-refractivity contribution in [3.05, 3.63) is 24.3 Å². The van der Waals surface area contributed by atoms with Crippen LogP contribution in [0.5, 0.6) is 5.75 Å². The molecule has 0 bridgehead atoms. The highest BCUT2D eigenvalue weighted by Crippen LogP contribution is 2.16. The fraction of sp³-hybridized carbons (Fsp3) is 0.556. The maximum atomic E-state index is 12.1. The van der Waals surface area contributed by atoms with E-state index in [0.717, 1.165) is 37.4 Å². The molecule has 1 aliphatic rings. The first-order chi connectivity index (χ1) is 11.6. The van der Waals surface area contributed by atoms with E-state index in [1.807, 2.05) is 29.2 Å². The zero-order valence-corrected chi connectivity index (χ0v) is 14.6. The van der Waals surface area contributed by atoms with Gasteiger partial charge in [0.05, 0.1) is 13.2 Å². The Balaban J connectivity index is 1.73. The van der Waals surface area contributed by atoms with Gasteiger partial charge in [-0.3, -0.25) is 14.5 Å². The van der Waals surface area contributed by atoms with Gasteiger partial charge in [0.1, 0.15) is 5.75 Å². The van der Waals surface area contributed by atoms with Crippen molar-refractivity contribution >= 4 is 17.5 Å². The molecule has 6 heteroatoms. The summed E-state index contributed by atoms with van der Waals surface area (Å²) in [4.78, 5) is 27.3. The van der Waals surface area contributed by atoms with Crippen LogP contribution in [-0.2, 0) is 9.59 Å². The highest BCUT2D eigenvalue weighted by atomic mass is 16.5. The molecule has 1 aromatic carbocycles. The summed E-state index contributed by atoms with van der Waals surface area (Å²) >= 11 is 0. The van der Waals surface area contributed by atoms with E-state index in [1.165, 1.54) is 0 Å². The molecule has 0 saturated carbocycles. The van der Waals surface area contributed by atoms with Crippen LogP contribution in [-0.4, -0.2) is 60.9 Å². The number of unbranched alkanes of at least 4 members (excludes halogenated alkanes) is 1. The van der Waals surface area contributed by atoms with Crippen molar-refractivity contribution in [2.75, 3.05) is 44.6 Å². The zero-order valence-electron chi connectivity index (χ0n) is 14.6. The van der Waals surface area contributed by atoms with Crippen LogP contribution < -0.4 is 10.1 Å². The largest absolute Gasteiger partial charge is 0.494 e. The molecule has 0 aliphatic carbocycles. The number of anilines is 1. The van der Waals surface area contributed by atoms with E-state index in [0.29, 0.717) is 26.2 Å². The second-order valence-electron chi connectivity index (χ2n) is 6.06. The third-order valence-electron chi connectivity index (χ3n) is 4.09. The first-order valence-electron chi connectivity index (χ1n) is 8.59. The molecular formula is C18H27N3O3. The molecule has 1 heterocycles. The number of piperazine rings is 1. The van der Waals surface area contributed by atoms with Crippen molar-refractivity contribution in [2.45, 2.75) is 26.7 Å². The van der Waals surface area contributed by atoms with E-state index < -0.39 is 0 Å². The van der Waals surface area contributed by atoms with E-state index in [2.05, 4.69) is 17.1 Å². The number of carbonyl (C=O) groups is 2. The highest BCUT2D eigenvalue weighted by molar-refractivity contribution is 5.92. The van der Waals surface area contributed by atoms with Gasteiger partial charge >= 0.3 is 0 Å². The molecule has 0 spiro atoms. The smallest absolute Gasteiger partial charge is 0.238 e. The summed E-state index contributed by atoms with van der Waals surface area (Å²) in [6, 6.07) is 7.45. The Morgan fingerprint density at radius 3 is 2.38 bits per heavy atom. The summed E-state index contributed by atoms with van der Waals surface area (Å²) < 4.78 is 5.60. The molecule has 24 heavy (non-hydrogen) atoms. The molecule has 1 saturated heterocycles. The van der Waals surface area contributed by atoms with Crippen molar-refractivity contribution < 1.29 is 14.3 Å². The Hall–Kier alpha value is -2.08. The lowest BCUT2D eigenvalue weighted by Gasteiger charge is -2.33. The van der Waals surface area contributed by atoms with Gasteiger partial charge in [-0.2, -0.15) is 0 Å². The normalized spacial score (nSPS) is 15.2. The average Bonchev–Trinajstić information content (AvgIpc) is 2.57. The summed E-state index contributed by atoms with van der Waals surface area (Å²) in [5, 5.41) is 2.90. The topological polar surface area (TPSA) is 61.9 Å². The minimum atomic E-state index is -0.0362. The van der Waals surface area contributed by atoms with E-state index in [1.54, 1.807) is 6.92 Å². The lowest BCUT2D eigenvalue weighted by molar-refractivity contribution is -0.130. The van der Waals surface area contributed by atoms with Gasteiger partial charge in [0.25, 0.3) is 0 Å². The Morgan fingerprint density at radius 1 is 1.12 bits per heavy atom. The molecule has 1 aliphatic heterocycles. The van der Waals surface area contributed by atoms with Gasteiger partial charge in [-0.25, -0.2) is 0 Å².